The van der Waals surface area contributed by atoms with Gasteiger partial charge in [0, 0.05) is 24.0 Å². The Kier molecular flexibility index (Phi) is 3.92. The zero-order valence-corrected chi connectivity index (χ0v) is 15.5. The van der Waals surface area contributed by atoms with Crippen molar-refractivity contribution in [3.8, 4) is 0 Å². The summed E-state index contributed by atoms with van der Waals surface area (Å²) in [7, 11) is -3.59. The Hall–Kier alpha value is -3.26. The number of aromatic nitrogens is 3. The van der Waals surface area contributed by atoms with Gasteiger partial charge in [0.2, 0.25) is 15.0 Å². The predicted octanol–water partition coefficient (Wildman–Crippen LogP) is 2.85. The highest BCUT2D eigenvalue weighted by molar-refractivity contribution is 7.90. The minimum atomic E-state index is -3.59. The van der Waals surface area contributed by atoms with E-state index in [0.29, 0.717) is 11.2 Å². The fraction of sp³-hybridized carbons (Fsp3) is 0.105. The van der Waals surface area contributed by atoms with Gasteiger partial charge in [-0.15, -0.1) is 0 Å². The molecule has 0 aliphatic heterocycles. The zero-order valence-electron chi connectivity index (χ0n) is 14.7. The lowest BCUT2D eigenvalue weighted by Crippen LogP contribution is -2.13. The average molecular weight is 380 g/mol. The van der Waals surface area contributed by atoms with Crippen LogP contribution in [-0.4, -0.2) is 34.9 Å². The van der Waals surface area contributed by atoms with Crippen LogP contribution in [0.25, 0.3) is 16.4 Å². The van der Waals surface area contributed by atoms with Crippen molar-refractivity contribution in [1.29, 1.82) is 0 Å². The molecule has 7 nitrogen and oxygen atoms in total. The number of anilines is 1. The lowest BCUT2D eigenvalue weighted by atomic mass is 10.1. The van der Waals surface area contributed by atoms with E-state index in [4.69, 9.17) is 0 Å². The van der Waals surface area contributed by atoms with Crippen LogP contribution in [0.4, 0.5) is 5.69 Å². The summed E-state index contributed by atoms with van der Waals surface area (Å²) < 4.78 is 25.5. The second-order valence-corrected chi connectivity index (χ2v) is 8.16. The molecule has 27 heavy (non-hydrogen) atoms. The van der Waals surface area contributed by atoms with Crippen LogP contribution in [0, 0.1) is 6.92 Å². The van der Waals surface area contributed by atoms with Crippen molar-refractivity contribution in [2.24, 2.45) is 0 Å². The molecule has 1 aromatic carbocycles. The molecular formula is C19H16N4O3S. The number of nitrogens with zero attached hydrogens (tertiary/aromatic N) is 3. The van der Waals surface area contributed by atoms with Crippen LogP contribution in [0.2, 0.25) is 0 Å². The molecule has 0 saturated heterocycles. The summed E-state index contributed by atoms with van der Waals surface area (Å²) in [6.07, 6.45) is 4.33. The average Bonchev–Trinajstić information content (AvgIpc) is 3.04. The summed E-state index contributed by atoms with van der Waals surface area (Å²) in [4.78, 5) is 21.4. The number of carbonyl (C=O) groups excluding carboxylic acids is 1. The second-order valence-electron chi connectivity index (χ2n) is 6.25. The van der Waals surface area contributed by atoms with Gasteiger partial charge in [-0.2, -0.15) is 0 Å². The van der Waals surface area contributed by atoms with E-state index in [-0.39, 0.29) is 10.9 Å². The van der Waals surface area contributed by atoms with E-state index in [1.54, 1.807) is 42.7 Å². The Morgan fingerprint density at radius 3 is 2.70 bits per heavy atom. The van der Waals surface area contributed by atoms with Crippen LogP contribution in [0.15, 0.2) is 60.0 Å². The Morgan fingerprint density at radius 1 is 1.11 bits per heavy atom. The molecule has 0 atom stereocenters. The molecule has 4 aromatic rings. The number of hydrogen-bond acceptors (Lipinski definition) is 5. The van der Waals surface area contributed by atoms with Gasteiger partial charge in [-0.25, -0.2) is 13.4 Å². The molecule has 1 amide bonds. The molecule has 0 aliphatic carbocycles. The fourth-order valence-electron chi connectivity index (χ4n) is 3.04. The van der Waals surface area contributed by atoms with Gasteiger partial charge < -0.3 is 5.32 Å². The van der Waals surface area contributed by atoms with Gasteiger partial charge in [0.15, 0.2) is 5.69 Å². The van der Waals surface area contributed by atoms with Crippen molar-refractivity contribution < 1.29 is 13.2 Å². The minimum absolute atomic E-state index is 0.0497. The normalized spacial score (nSPS) is 11.8. The van der Waals surface area contributed by atoms with Gasteiger partial charge in [-0.3, -0.25) is 14.2 Å². The van der Waals surface area contributed by atoms with E-state index in [1.165, 1.54) is 4.40 Å². The van der Waals surface area contributed by atoms with Gasteiger partial charge in [0.1, 0.15) is 0 Å². The largest absolute Gasteiger partial charge is 0.320 e. The van der Waals surface area contributed by atoms with E-state index < -0.39 is 15.7 Å². The molecule has 1 N–H and O–H groups in total. The lowest BCUT2D eigenvalue weighted by molar-refractivity contribution is 0.102. The van der Waals surface area contributed by atoms with E-state index in [2.05, 4.69) is 15.3 Å². The quantitative estimate of drug-likeness (QED) is 0.590. The number of rotatable bonds is 3. The van der Waals surface area contributed by atoms with Crippen molar-refractivity contribution in [2.45, 2.75) is 12.1 Å². The predicted molar refractivity (Wildman–Crippen MR) is 103 cm³/mol. The molecule has 4 rings (SSSR count). The first-order valence-corrected chi connectivity index (χ1v) is 10.1. The van der Waals surface area contributed by atoms with Crippen LogP contribution in [-0.2, 0) is 9.84 Å². The van der Waals surface area contributed by atoms with Crippen LogP contribution >= 0.6 is 0 Å². The molecular weight excluding hydrogens is 364 g/mol. The fourth-order valence-corrected chi connectivity index (χ4v) is 3.82. The number of carbonyl (C=O) groups is 1. The highest BCUT2D eigenvalue weighted by Gasteiger charge is 2.23. The van der Waals surface area contributed by atoms with E-state index in [9.17, 15) is 13.2 Å². The maximum absolute atomic E-state index is 12.9. The minimum Gasteiger partial charge on any atom is -0.320 e. The standard InChI is InChI=1S/C19H16N4O3S/c1-12-8-9-14(13-6-5-10-20-16(12)13)21-18(24)17-15-7-3-4-11-23(15)19(22-17)27(2,25)26/h3-11H,1-2H3,(H,21,24). The summed E-state index contributed by atoms with van der Waals surface area (Å²) in [5.41, 5.74) is 2.85. The number of aryl methyl sites for hydroxylation is 1. The number of hydrogen-bond donors (Lipinski definition) is 1. The molecule has 0 bridgehead atoms. The highest BCUT2D eigenvalue weighted by Crippen LogP contribution is 2.26. The third-order valence-electron chi connectivity index (χ3n) is 4.28. The van der Waals surface area contributed by atoms with Gasteiger partial charge >= 0.3 is 0 Å². The number of imidazole rings is 1. The molecule has 3 aromatic heterocycles. The van der Waals surface area contributed by atoms with Crippen LogP contribution in [0.5, 0.6) is 0 Å². The molecule has 3 heterocycles. The van der Waals surface area contributed by atoms with E-state index in [0.717, 1.165) is 22.7 Å². The smallest absolute Gasteiger partial charge is 0.276 e. The highest BCUT2D eigenvalue weighted by atomic mass is 32.2. The van der Waals surface area contributed by atoms with Gasteiger partial charge in [-0.1, -0.05) is 12.1 Å². The van der Waals surface area contributed by atoms with E-state index >= 15 is 0 Å². The molecule has 0 aliphatic rings. The summed E-state index contributed by atoms with van der Waals surface area (Å²) >= 11 is 0. The molecule has 136 valence electrons. The molecule has 0 unspecified atom stereocenters. The van der Waals surface area contributed by atoms with Gasteiger partial charge in [-0.05, 0) is 42.8 Å². The first-order valence-electron chi connectivity index (χ1n) is 8.19. The first-order chi connectivity index (χ1) is 12.9. The summed E-state index contributed by atoms with van der Waals surface area (Å²) in [6, 6.07) is 12.4. The number of nitrogens with one attached hydrogen (secondary N) is 1. The third kappa shape index (κ3) is 2.93. The van der Waals surface area contributed by atoms with E-state index in [1.807, 2.05) is 19.1 Å². The van der Waals surface area contributed by atoms with Crippen LogP contribution < -0.4 is 5.32 Å². The Labute approximate surface area is 155 Å². The molecule has 0 radical (unpaired) electrons. The van der Waals surface area contributed by atoms with Crippen molar-refractivity contribution in [3.63, 3.8) is 0 Å². The molecule has 8 heteroatoms. The second kappa shape index (κ2) is 6.17. The van der Waals surface area contributed by atoms with Crippen molar-refractivity contribution >= 4 is 37.9 Å². The lowest BCUT2D eigenvalue weighted by Gasteiger charge is -2.09. The van der Waals surface area contributed by atoms with Crippen molar-refractivity contribution in [1.82, 2.24) is 14.4 Å². The monoisotopic (exact) mass is 380 g/mol. The Morgan fingerprint density at radius 2 is 1.93 bits per heavy atom. The van der Waals surface area contributed by atoms with Crippen LogP contribution in [0.3, 0.4) is 0 Å². The Bertz CT molecular complexity index is 1310. The first kappa shape index (κ1) is 17.2. The topological polar surface area (TPSA) is 93.4 Å². The summed E-state index contributed by atoms with van der Waals surface area (Å²) in [5, 5.41) is 3.47. The molecule has 0 saturated carbocycles. The molecule has 0 spiro atoms. The third-order valence-corrected chi connectivity index (χ3v) is 5.23. The Balaban J connectivity index is 1.83. The number of amides is 1. The number of sulfone groups is 1. The van der Waals surface area contributed by atoms with Crippen LogP contribution in [0.1, 0.15) is 16.1 Å². The van der Waals surface area contributed by atoms with Crippen molar-refractivity contribution in [3.05, 3.63) is 66.1 Å². The maximum Gasteiger partial charge on any atom is 0.276 e. The number of fused-ring (bicyclic) bond motifs is 2. The van der Waals surface area contributed by atoms with Gasteiger partial charge in [0.05, 0.1) is 16.7 Å². The van der Waals surface area contributed by atoms with Crippen molar-refractivity contribution in [2.75, 3.05) is 11.6 Å². The molecule has 0 fully saturated rings. The maximum atomic E-state index is 12.9. The van der Waals surface area contributed by atoms with Gasteiger partial charge in [0.25, 0.3) is 5.91 Å². The SMILES string of the molecule is Cc1ccc(NC(=O)c2nc(S(C)(=O)=O)n3ccccc23)c2cccnc12. The number of pyridine rings is 2. The number of benzene rings is 1. The summed E-state index contributed by atoms with van der Waals surface area (Å²) in [5.74, 6) is -0.484. The summed E-state index contributed by atoms with van der Waals surface area (Å²) in [6.45, 7) is 1.95. The zero-order chi connectivity index (χ0) is 19.2.